The number of benzene rings is 2. The fraction of sp³-hybridized carbons (Fsp3) is 0.400. The Hall–Kier alpha value is -3.05. The highest BCUT2D eigenvalue weighted by molar-refractivity contribution is 6.08. The number of hydrogen-bond donors (Lipinski definition) is 1. The van der Waals surface area contributed by atoms with E-state index >= 15 is 0 Å². The van der Waals surface area contributed by atoms with Gasteiger partial charge < -0.3 is 10.6 Å². The molecule has 35 heavy (non-hydrogen) atoms. The molecule has 0 radical (unpaired) electrons. The summed E-state index contributed by atoms with van der Waals surface area (Å²) in [6.07, 6.45) is 4.97. The Balaban J connectivity index is 1.84. The molecule has 4 nitrogen and oxygen atoms in total. The largest absolute Gasteiger partial charge is 0.326 e. The zero-order valence-electron chi connectivity index (χ0n) is 21.2. The number of aryl methyl sites for hydroxylation is 1. The summed E-state index contributed by atoms with van der Waals surface area (Å²) < 4.78 is 13.9. The minimum Gasteiger partial charge on any atom is -0.326 e. The van der Waals surface area contributed by atoms with Crippen LogP contribution in [0.15, 0.2) is 78.7 Å². The molecule has 0 saturated heterocycles. The molecule has 1 aliphatic rings. The van der Waals surface area contributed by atoms with Gasteiger partial charge in [-0.2, -0.15) is 0 Å². The van der Waals surface area contributed by atoms with Gasteiger partial charge in [0.2, 0.25) is 5.91 Å². The van der Waals surface area contributed by atoms with E-state index < -0.39 is 5.83 Å². The first kappa shape index (κ1) is 26.6. The summed E-state index contributed by atoms with van der Waals surface area (Å²) in [6.45, 7) is 13.7. The van der Waals surface area contributed by atoms with Crippen LogP contribution >= 0.6 is 0 Å². The van der Waals surface area contributed by atoms with Crippen molar-refractivity contribution in [3.05, 3.63) is 79.3 Å². The second kappa shape index (κ2) is 12.1. The van der Waals surface area contributed by atoms with Crippen LogP contribution in [0.4, 0.5) is 10.1 Å². The maximum absolute atomic E-state index is 13.9. The first-order chi connectivity index (χ1) is 16.8. The van der Waals surface area contributed by atoms with Gasteiger partial charge in [-0.1, -0.05) is 83.2 Å². The molecule has 0 aliphatic heterocycles. The standard InChI is InChI=1S/C30H38FN3O/c1-6-9-22-10-12-23(13-11-22)24-14-16-25(17-15-24)34(19-28(32)20(4)7-2)30(35)27-18-26(27)29(21(5)31)33-8-3/h8,10-17,20,26-28H,3,5-7,9,18-19,32H2,1-2,4H3/t20-,26-,27?,28?/m0/s1. The van der Waals surface area contributed by atoms with E-state index in [1.165, 1.54) is 11.8 Å². The summed E-state index contributed by atoms with van der Waals surface area (Å²) in [5.41, 5.74) is 11.0. The van der Waals surface area contributed by atoms with Crippen LogP contribution in [-0.4, -0.2) is 24.2 Å². The molecule has 1 fully saturated rings. The zero-order chi connectivity index (χ0) is 25.5. The molecular weight excluding hydrogens is 437 g/mol. The average molecular weight is 476 g/mol. The first-order valence-electron chi connectivity index (χ1n) is 12.6. The van der Waals surface area contributed by atoms with Gasteiger partial charge in [0.05, 0.1) is 5.71 Å². The normalized spacial score (nSPS) is 19.1. The number of halogens is 1. The summed E-state index contributed by atoms with van der Waals surface area (Å²) in [5, 5.41) is 0. The monoisotopic (exact) mass is 475 g/mol. The number of amides is 1. The second-order valence-electron chi connectivity index (χ2n) is 9.54. The molecule has 1 saturated carbocycles. The predicted molar refractivity (Wildman–Crippen MR) is 145 cm³/mol. The molecule has 2 unspecified atom stereocenters. The topological polar surface area (TPSA) is 58.7 Å². The first-order valence-corrected chi connectivity index (χ1v) is 12.6. The Labute approximate surface area is 209 Å². The second-order valence-corrected chi connectivity index (χ2v) is 9.54. The molecule has 4 atom stereocenters. The molecule has 0 spiro atoms. The molecule has 2 N–H and O–H groups in total. The Morgan fingerprint density at radius 3 is 2.26 bits per heavy atom. The molecule has 1 amide bonds. The lowest BCUT2D eigenvalue weighted by Crippen LogP contribution is -2.45. The minimum atomic E-state index is -0.609. The van der Waals surface area contributed by atoms with Crippen LogP contribution in [0.3, 0.4) is 0 Å². The minimum absolute atomic E-state index is 0.0524. The zero-order valence-corrected chi connectivity index (χ0v) is 21.2. The third-order valence-electron chi connectivity index (χ3n) is 7.01. The van der Waals surface area contributed by atoms with Crippen molar-refractivity contribution < 1.29 is 9.18 Å². The Morgan fingerprint density at radius 2 is 1.74 bits per heavy atom. The van der Waals surface area contributed by atoms with E-state index in [0.29, 0.717) is 13.0 Å². The van der Waals surface area contributed by atoms with Crippen LogP contribution in [0.1, 0.15) is 45.6 Å². The van der Waals surface area contributed by atoms with Crippen molar-refractivity contribution in [3.8, 4) is 11.1 Å². The van der Waals surface area contributed by atoms with Gasteiger partial charge in [0.25, 0.3) is 0 Å². The molecular formula is C30H38FN3O. The number of allylic oxidation sites excluding steroid dienone is 1. The van der Waals surface area contributed by atoms with Gasteiger partial charge in [-0.15, -0.1) is 0 Å². The van der Waals surface area contributed by atoms with Crippen LogP contribution in [0.2, 0.25) is 0 Å². The quantitative estimate of drug-likeness (QED) is 0.347. The van der Waals surface area contributed by atoms with Crippen molar-refractivity contribution in [2.24, 2.45) is 28.5 Å². The van der Waals surface area contributed by atoms with Crippen LogP contribution < -0.4 is 10.6 Å². The smallest absolute Gasteiger partial charge is 0.230 e. The van der Waals surface area contributed by atoms with Gasteiger partial charge in [0.15, 0.2) is 0 Å². The van der Waals surface area contributed by atoms with E-state index in [-0.39, 0.29) is 35.4 Å². The van der Waals surface area contributed by atoms with E-state index in [4.69, 9.17) is 5.73 Å². The number of nitrogens with two attached hydrogens (primary N) is 1. The molecule has 5 heteroatoms. The lowest BCUT2D eigenvalue weighted by atomic mass is 9.98. The van der Waals surface area contributed by atoms with Crippen molar-refractivity contribution in [1.82, 2.24) is 0 Å². The lowest BCUT2D eigenvalue weighted by Gasteiger charge is -2.29. The third kappa shape index (κ3) is 6.55. The number of carbonyl (C=O) groups excluding carboxylic acids is 1. The van der Waals surface area contributed by atoms with Crippen molar-refractivity contribution in [2.45, 2.75) is 52.5 Å². The summed E-state index contributed by atoms with van der Waals surface area (Å²) in [5.74, 6) is -1.01. The van der Waals surface area contributed by atoms with Gasteiger partial charge in [-0.3, -0.25) is 9.79 Å². The number of hydrogen-bond acceptors (Lipinski definition) is 3. The van der Waals surface area contributed by atoms with Crippen LogP contribution in [-0.2, 0) is 11.2 Å². The van der Waals surface area contributed by atoms with Gasteiger partial charge in [0, 0.05) is 36.3 Å². The molecule has 0 aromatic heterocycles. The van der Waals surface area contributed by atoms with Gasteiger partial charge in [-0.25, -0.2) is 4.39 Å². The number of aliphatic imine (C=N–C) groups is 1. The van der Waals surface area contributed by atoms with Crippen molar-refractivity contribution >= 4 is 17.3 Å². The van der Waals surface area contributed by atoms with E-state index in [2.05, 4.69) is 63.2 Å². The highest BCUT2D eigenvalue weighted by atomic mass is 19.1. The number of anilines is 1. The molecule has 2 aromatic carbocycles. The molecule has 2 aromatic rings. The highest BCUT2D eigenvalue weighted by Crippen LogP contribution is 2.44. The molecule has 186 valence electrons. The Bertz CT molecular complexity index is 1060. The molecule has 0 bridgehead atoms. The van der Waals surface area contributed by atoms with E-state index in [1.54, 1.807) is 4.90 Å². The summed E-state index contributed by atoms with van der Waals surface area (Å²) in [6, 6.07) is 16.5. The van der Waals surface area contributed by atoms with E-state index in [0.717, 1.165) is 36.1 Å². The van der Waals surface area contributed by atoms with Crippen LogP contribution in [0.25, 0.3) is 11.1 Å². The maximum Gasteiger partial charge on any atom is 0.230 e. The maximum atomic E-state index is 13.9. The Kier molecular flexibility index (Phi) is 9.16. The van der Waals surface area contributed by atoms with Gasteiger partial charge >= 0.3 is 0 Å². The molecule has 1 aliphatic carbocycles. The van der Waals surface area contributed by atoms with Gasteiger partial charge in [0.1, 0.15) is 5.83 Å². The molecule has 3 rings (SSSR count). The van der Waals surface area contributed by atoms with Crippen LogP contribution in [0.5, 0.6) is 0 Å². The summed E-state index contributed by atoms with van der Waals surface area (Å²) in [7, 11) is 0. The number of rotatable bonds is 12. The van der Waals surface area contributed by atoms with Crippen LogP contribution in [0, 0.1) is 17.8 Å². The Morgan fingerprint density at radius 1 is 1.14 bits per heavy atom. The van der Waals surface area contributed by atoms with Gasteiger partial charge in [-0.05, 0) is 47.6 Å². The average Bonchev–Trinajstić information content (AvgIpc) is 3.66. The van der Waals surface area contributed by atoms with E-state index in [9.17, 15) is 9.18 Å². The van der Waals surface area contributed by atoms with Crippen molar-refractivity contribution in [2.75, 3.05) is 11.4 Å². The molecule has 0 heterocycles. The summed E-state index contributed by atoms with van der Waals surface area (Å²) >= 11 is 0. The van der Waals surface area contributed by atoms with Crippen molar-refractivity contribution in [3.63, 3.8) is 0 Å². The SMILES string of the molecule is C=CN=C(C(=C)F)[C@H]1CC1C(=O)N(CC(N)[C@@H](C)CC)c1ccc(-c2ccc(CCC)cc2)cc1. The highest BCUT2D eigenvalue weighted by Gasteiger charge is 2.49. The van der Waals surface area contributed by atoms with Crippen molar-refractivity contribution in [1.29, 1.82) is 0 Å². The third-order valence-corrected chi connectivity index (χ3v) is 7.01. The number of carbonyl (C=O) groups is 1. The van der Waals surface area contributed by atoms with E-state index in [1.807, 2.05) is 24.3 Å². The fourth-order valence-electron chi connectivity index (χ4n) is 4.44. The lowest BCUT2D eigenvalue weighted by molar-refractivity contribution is -0.120. The predicted octanol–water partition coefficient (Wildman–Crippen LogP) is 6.72. The summed E-state index contributed by atoms with van der Waals surface area (Å²) in [4.78, 5) is 19.4. The fourth-order valence-corrected chi connectivity index (χ4v) is 4.44. The number of nitrogens with zero attached hydrogens (tertiary/aromatic N) is 2.